The van der Waals surface area contributed by atoms with Gasteiger partial charge in [0.2, 0.25) is 0 Å². The van der Waals surface area contributed by atoms with Gasteiger partial charge < -0.3 is 9.47 Å². The minimum Gasteiger partial charge on any atom is -0.456 e. The van der Waals surface area contributed by atoms with Crippen LogP contribution in [0.2, 0.25) is 16.6 Å². The highest BCUT2D eigenvalue weighted by molar-refractivity contribution is 14.1. The first-order valence-electron chi connectivity index (χ1n) is 16.4. The first kappa shape index (κ1) is 38.0. The van der Waals surface area contributed by atoms with Crippen LogP contribution in [0, 0.1) is 22.0 Å². The van der Waals surface area contributed by atoms with E-state index in [1.807, 2.05) is 37.3 Å². The van der Waals surface area contributed by atoms with E-state index in [0.29, 0.717) is 39.3 Å². The van der Waals surface area contributed by atoms with Crippen molar-refractivity contribution in [1.82, 2.24) is 0 Å². The highest BCUT2D eigenvalue weighted by atomic mass is 127. The van der Waals surface area contributed by atoms with E-state index in [2.05, 4.69) is 75.6 Å². The number of aryl methyl sites for hydroxylation is 1. The Balaban J connectivity index is 1.95. The molecule has 6 nitrogen and oxygen atoms in total. The van der Waals surface area contributed by atoms with Gasteiger partial charge in [0.05, 0.1) is 21.7 Å². The third kappa shape index (κ3) is 9.04. The van der Waals surface area contributed by atoms with Gasteiger partial charge in [-0.2, -0.15) is 0 Å². The summed E-state index contributed by atoms with van der Waals surface area (Å²) in [5, 5.41) is 0. The number of hydrogen-bond acceptors (Lipinski definition) is 5. The van der Waals surface area contributed by atoms with E-state index >= 15 is 0 Å². The van der Waals surface area contributed by atoms with Crippen LogP contribution in [0.3, 0.4) is 0 Å². The molecule has 49 heavy (non-hydrogen) atoms. The fourth-order valence-electron chi connectivity index (χ4n) is 6.15. The van der Waals surface area contributed by atoms with E-state index in [9.17, 15) is 13.2 Å². The maximum Gasteiger partial charge on any atom is 0.339 e. The smallest absolute Gasteiger partial charge is 0.339 e. The van der Waals surface area contributed by atoms with Crippen LogP contribution in [-0.4, -0.2) is 29.1 Å². The molecule has 0 spiro atoms. The van der Waals surface area contributed by atoms with E-state index in [1.165, 1.54) is 10.5 Å². The Morgan fingerprint density at radius 3 is 2.00 bits per heavy atom. The minimum absolute atomic E-state index is 0.0993. The third-order valence-electron chi connectivity index (χ3n) is 8.68. The Labute approximate surface area is 306 Å². The molecule has 256 valence electrons. The molecule has 0 aliphatic heterocycles. The van der Waals surface area contributed by atoms with Gasteiger partial charge in [0, 0.05) is 9.77 Å². The molecule has 0 saturated carbocycles. The van der Waals surface area contributed by atoms with Crippen molar-refractivity contribution in [3.63, 3.8) is 0 Å². The van der Waals surface area contributed by atoms with Crippen molar-refractivity contribution in [3.8, 4) is 23.0 Å². The van der Waals surface area contributed by atoms with Crippen LogP contribution in [0.15, 0.2) is 120 Å². The largest absolute Gasteiger partial charge is 0.456 e. The number of sulfonamides is 1. The molecular weight excluding hydrogens is 761 g/mol. The predicted molar refractivity (Wildman–Crippen MR) is 210 cm³/mol. The summed E-state index contributed by atoms with van der Waals surface area (Å²) < 4.78 is 43.2. The normalized spacial score (nSPS) is 12.1. The van der Waals surface area contributed by atoms with Crippen LogP contribution in [0.25, 0.3) is 0 Å². The molecule has 0 bridgehead atoms. The number of halogens is 1. The molecule has 0 heterocycles. The van der Waals surface area contributed by atoms with Crippen LogP contribution < -0.4 is 9.04 Å². The Kier molecular flexibility index (Phi) is 12.9. The predicted octanol–water partition coefficient (Wildman–Crippen LogP) is 10.5. The lowest BCUT2D eigenvalue weighted by atomic mass is 10.2. The molecule has 0 aromatic heterocycles. The van der Waals surface area contributed by atoms with E-state index in [4.69, 9.17) is 9.47 Å². The van der Waals surface area contributed by atoms with Gasteiger partial charge >= 0.3 is 5.97 Å². The summed E-state index contributed by atoms with van der Waals surface area (Å²) in [6.45, 7) is 15.0. The van der Waals surface area contributed by atoms with Crippen molar-refractivity contribution in [2.75, 3.05) is 10.9 Å². The van der Waals surface area contributed by atoms with Gasteiger partial charge in [-0.3, -0.25) is 0 Å². The standard InChI is InChI=1S/C40H44INO5SSi/c1-29(2)49(30(3)4,31(5)6)26-25-33(28-46-40(43)36-17-11-12-18-37(36)41)27-42(48(44,45)35-23-21-32(7)22-24-35)38-19-13-14-20-39(38)47-34-15-9-8-10-16-34/h8-24,27,29-31H,28H2,1-7H3/b33-27+. The fourth-order valence-corrected chi connectivity index (χ4v) is 13.4. The number of nitrogens with zero attached hydrogens (tertiary/aromatic N) is 1. The SMILES string of the molecule is Cc1ccc(S(=O)(=O)N(/C=C(\C#C[Si](C(C)C)(C(C)C)C(C)C)COC(=O)c2ccccc2I)c2ccccc2Oc2ccccc2)cc1. The molecule has 4 rings (SSSR count). The van der Waals surface area contributed by atoms with Gasteiger partial charge in [-0.1, -0.05) is 108 Å². The van der Waals surface area contributed by atoms with Gasteiger partial charge in [0.25, 0.3) is 10.0 Å². The number of carbonyl (C=O) groups is 1. The molecule has 0 amide bonds. The molecule has 9 heteroatoms. The molecule has 0 aliphatic rings. The van der Waals surface area contributed by atoms with E-state index in [-0.39, 0.29) is 17.2 Å². The number of rotatable bonds is 12. The third-order valence-corrected chi connectivity index (χ3v) is 17.6. The van der Waals surface area contributed by atoms with E-state index in [1.54, 1.807) is 72.8 Å². The Morgan fingerprint density at radius 1 is 0.816 bits per heavy atom. The molecule has 0 atom stereocenters. The molecule has 0 fully saturated rings. The lowest BCUT2D eigenvalue weighted by Crippen LogP contribution is -2.43. The van der Waals surface area contributed by atoms with Crippen molar-refractivity contribution in [3.05, 3.63) is 130 Å². The van der Waals surface area contributed by atoms with Gasteiger partial charge in [-0.25, -0.2) is 17.5 Å². The molecule has 0 saturated heterocycles. The number of hydrogen-bond donors (Lipinski definition) is 0. The average Bonchev–Trinajstić information content (AvgIpc) is 3.06. The van der Waals surface area contributed by atoms with Crippen molar-refractivity contribution in [2.24, 2.45) is 0 Å². The first-order valence-corrected chi connectivity index (χ1v) is 21.1. The van der Waals surface area contributed by atoms with Crippen LogP contribution >= 0.6 is 22.6 Å². The maximum absolute atomic E-state index is 14.6. The molecule has 0 radical (unpaired) electrons. The zero-order valence-electron chi connectivity index (χ0n) is 29.1. The number of carbonyl (C=O) groups excluding carboxylic acids is 1. The Hall–Kier alpha value is -3.85. The molecule has 4 aromatic carbocycles. The zero-order chi connectivity index (χ0) is 35.8. The highest BCUT2D eigenvalue weighted by Crippen LogP contribution is 2.41. The van der Waals surface area contributed by atoms with Gasteiger partial charge in [-0.15, -0.1) is 5.54 Å². The minimum atomic E-state index is -4.20. The summed E-state index contributed by atoms with van der Waals surface area (Å²) in [6.07, 6.45) is 1.48. The summed E-state index contributed by atoms with van der Waals surface area (Å²) in [7, 11) is -6.47. The Bertz CT molecular complexity index is 1920. The highest BCUT2D eigenvalue weighted by Gasteiger charge is 2.41. The van der Waals surface area contributed by atoms with Crippen molar-refractivity contribution >= 4 is 52.3 Å². The topological polar surface area (TPSA) is 72.9 Å². The van der Waals surface area contributed by atoms with Crippen molar-refractivity contribution in [2.45, 2.75) is 70.0 Å². The van der Waals surface area contributed by atoms with E-state index in [0.717, 1.165) is 9.13 Å². The van der Waals surface area contributed by atoms with Crippen LogP contribution in [0.4, 0.5) is 5.69 Å². The Morgan fingerprint density at radius 2 is 1.39 bits per heavy atom. The number of benzene rings is 4. The van der Waals surface area contributed by atoms with Crippen LogP contribution in [0.1, 0.15) is 57.5 Å². The van der Waals surface area contributed by atoms with Crippen LogP contribution in [-0.2, 0) is 14.8 Å². The lowest BCUT2D eigenvalue weighted by Gasteiger charge is -2.38. The first-order chi connectivity index (χ1) is 23.3. The summed E-state index contributed by atoms with van der Waals surface area (Å²) in [5.74, 6) is 3.75. The second-order valence-electron chi connectivity index (χ2n) is 12.9. The van der Waals surface area contributed by atoms with Gasteiger partial charge in [0.1, 0.15) is 20.4 Å². The van der Waals surface area contributed by atoms with Crippen molar-refractivity contribution in [1.29, 1.82) is 0 Å². The molecule has 0 N–H and O–H groups in total. The second-order valence-corrected chi connectivity index (χ2v) is 21.4. The molecular formula is C40H44INO5SSi. The molecule has 4 aromatic rings. The summed E-state index contributed by atoms with van der Waals surface area (Å²) in [5.41, 5.74) is 6.69. The number of esters is 1. The second kappa shape index (κ2) is 16.7. The summed E-state index contributed by atoms with van der Waals surface area (Å²) >= 11 is 2.10. The quantitative estimate of drug-likeness (QED) is 0.0617. The zero-order valence-corrected chi connectivity index (χ0v) is 33.1. The number of ether oxygens (including phenoxy) is 2. The van der Waals surface area contributed by atoms with Crippen molar-refractivity contribution < 1.29 is 22.7 Å². The number of para-hydroxylation sites is 3. The average molecular weight is 806 g/mol. The molecule has 0 unspecified atom stereocenters. The summed E-state index contributed by atoms with van der Waals surface area (Å²) in [6, 6.07) is 30.0. The van der Waals surface area contributed by atoms with Gasteiger partial charge in [-0.05, 0) is 94.7 Å². The van der Waals surface area contributed by atoms with E-state index < -0.39 is 24.1 Å². The van der Waals surface area contributed by atoms with Crippen LogP contribution in [0.5, 0.6) is 11.5 Å². The lowest BCUT2D eigenvalue weighted by molar-refractivity contribution is 0.0542. The molecule has 0 aliphatic carbocycles. The summed E-state index contributed by atoms with van der Waals surface area (Å²) in [4.78, 5) is 13.4. The van der Waals surface area contributed by atoms with Gasteiger partial charge in [0.15, 0.2) is 5.75 Å². The maximum atomic E-state index is 14.6. The fraction of sp³-hybridized carbons (Fsp3) is 0.275. The monoisotopic (exact) mass is 805 g/mol. The number of anilines is 1.